The van der Waals surface area contributed by atoms with Gasteiger partial charge in [0.2, 0.25) is 0 Å². The van der Waals surface area contributed by atoms with Gasteiger partial charge < -0.3 is 0 Å². The third kappa shape index (κ3) is 3.23. The van der Waals surface area contributed by atoms with Crippen molar-refractivity contribution in [3.05, 3.63) is 23.9 Å². The van der Waals surface area contributed by atoms with E-state index in [9.17, 15) is 0 Å². The standard InChI is InChI=1S/C9H15N/c1-6-8(4)9(5)10-7(2)3/h6H,2H2,1,3-5H3/b8-6+,10-9?. The SMILES string of the molecule is C=C(C)N=C(C)/C(C)=C/C. The van der Waals surface area contributed by atoms with Crippen molar-refractivity contribution < 1.29 is 0 Å². The van der Waals surface area contributed by atoms with Crippen molar-refractivity contribution in [2.75, 3.05) is 0 Å². The van der Waals surface area contributed by atoms with Gasteiger partial charge in [0.1, 0.15) is 0 Å². The first-order valence-corrected chi connectivity index (χ1v) is 3.42. The molecule has 0 unspecified atom stereocenters. The molecule has 0 saturated heterocycles. The molecule has 0 radical (unpaired) electrons. The number of hydrogen-bond donors (Lipinski definition) is 0. The summed E-state index contributed by atoms with van der Waals surface area (Å²) >= 11 is 0. The zero-order valence-corrected chi connectivity index (χ0v) is 7.23. The minimum absolute atomic E-state index is 0.860. The van der Waals surface area contributed by atoms with E-state index in [-0.39, 0.29) is 0 Å². The van der Waals surface area contributed by atoms with Crippen LogP contribution in [0.2, 0.25) is 0 Å². The summed E-state index contributed by atoms with van der Waals surface area (Å²) < 4.78 is 0. The zero-order chi connectivity index (χ0) is 8.15. The van der Waals surface area contributed by atoms with E-state index in [1.165, 1.54) is 5.57 Å². The van der Waals surface area contributed by atoms with Gasteiger partial charge in [-0.2, -0.15) is 0 Å². The maximum atomic E-state index is 4.20. The largest absolute Gasteiger partial charge is 0.259 e. The molecule has 1 nitrogen and oxygen atoms in total. The zero-order valence-electron chi connectivity index (χ0n) is 7.23. The average molecular weight is 137 g/mol. The van der Waals surface area contributed by atoms with E-state index in [0.29, 0.717) is 0 Å². The lowest BCUT2D eigenvalue weighted by molar-refractivity contribution is 1.30. The first-order chi connectivity index (χ1) is 4.57. The van der Waals surface area contributed by atoms with Crippen LogP contribution < -0.4 is 0 Å². The van der Waals surface area contributed by atoms with Crippen LogP contribution in [0, 0.1) is 0 Å². The Morgan fingerprint density at radius 3 is 2.10 bits per heavy atom. The van der Waals surface area contributed by atoms with Gasteiger partial charge >= 0.3 is 0 Å². The van der Waals surface area contributed by atoms with Crippen molar-refractivity contribution in [3.8, 4) is 0 Å². The maximum Gasteiger partial charge on any atom is 0.0401 e. The van der Waals surface area contributed by atoms with Crippen molar-refractivity contribution in [1.29, 1.82) is 0 Å². The molecule has 0 spiro atoms. The van der Waals surface area contributed by atoms with Crippen LogP contribution in [0.15, 0.2) is 28.9 Å². The average Bonchev–Trinajstić information content (AvgIpc) is 1.85. The summed E-state index contributed by atoms with van der Waals surface area (Å²) in [5, 5.41) is 0. The van der Waals surface area contributed by atoms with Crippen LogP contribution >= 0.6 is 0 Å². The lowest BCUT2D eigenvalue weighted by Gasteiger charge is -1.97. The lowest BCUT2D eigenvalue weighted by Crippen LogP contribution is -1.92. The molecule has 0 rings (SSSR count). The van der Waals surface area contributed by atoms with E-state index in [2.05, 4.69) is 11.6 Å². The van der Waals surface area contributed by atoms with Gasteiger partial charge in [-0.05, 0) is 33.3 Å². The van der Waals surface area contributed by atoms with E-state index in [1.54, 1.807) is 0 Å². The van der Waals surface area contributed by atoms with E-state index in [0.717, 1.165) is 11.4 Å². The summed E-state index contributed by atoms with van der Waals surface area (Å²) in [6.45, 7) is 11.6. The van der Waals surface area contributed by atoms with Gasteiger partial charge in [-0.3, -0.25) is 4.99 Å². The first kappa shape index (κ1) is 9.15. The van der Waals surface area contributed by atoms with Gasteiger partial charge in [-0.25, -0.2) is 0 Å². The second-order valence-corrected chi connectivity index (χ2v) is 2.40. The third-order valence-electron chi connectivity index (χ3n) is 1.36. The van der Waals surface area contributed by atoms with Crippen LogP contribution in [0.1, 0.15) is 27.7 Å². The van der Waals surface area contributed by atoms with Crippen LogP contribution in [0.25, 0.3) is 0 Å². The summed E-state index contributed by atoms with van der Waals surface area (Å²) in [7, 11) is 0. The predicted molar refractivity (Wildman–Crippen MR) is 47.4 cm³/mol. The number of allylic oxidation sites excluding steroid dienone is 3. The fraction of sp³-hybridized carbons (Fsp3) is 0.444. The second-order valence-electron chi connectivity index (χ2n) is 2.40. The second kappa shape index (κ2) is 4.04. The Morgan fingerprint density at radius 1 is 1.30 bits per heavy atom. The van der Waals surface area contributed by atoms with Crippen molar-refractivity contribution >= 4 is 5.71 Å². The summed E-state index contributed by atoms with van der Waals surface area (Å²) in [4.78, 5) is 4.20. The summed E-state index contributed by atoms with van der Waals surface area (Å²) in [6.07, 6.45) is 2.04. The van der Waals surface area contributed by atoms with E-state index < -0.39 is 0 Å². The molecule has 56 valence electrons. The molecular formula is C9H15N. The Kier molecular flexibility index (Phi) is 3.70. The molecule has 0 aromatic carbocycles. The van der Waals surface area contributed by atoms with Gasteiger partial charge in [0, 0.05) is 11.4 Å². The molecule has 0 aromatic heterocycles. The maximum absolute atomic E-state index is 4.20. The Balaban J connectivity index is 4.35. The molecule has 0 heterocycles. The summed E-state index contributed by atoms with van der Waals surface area (Å²) in [5.74, 6) is 0. The molecule has 0 aliphatic rings. The molecule has 0 saturated carbocycles. The van der Waals surface area contributed by atoms with Crippen LogP contribution in [0.5, 0.6) is 0 Å². The van der Waals surface area contributed by atoms with Crippen molar-refractivity contribution in [2.24, 2.45) is 4.99 Å². The van der Waals surface area contributed by atoms with Gasteiger partial charge in [0.25, 0.3) is 0 Å². The molecule has 0 fully saturated rings. The highest BCUT2D eigenvalue weighted by Gasteiger charge is 1.90. The predicted octanol–water partition coefficient (Wildman–Crippen LogP) is 2.95. The minimum Gasteiger partial charge on any atom is -0.259 e. The normalized spacial score (nSPS) is 13.6. The van der Waals surface area contributed by atoms with Gasteiger partial charge in [0.05, 0.1) is 0 Å². The Hall–Kier alpha value is -0.850. The molecule has 0 bridgehead atoms. The van der Waals surface area contributed by atoms with Crippen LogP contribution in [-0.4, -0.2) is 5.71 Å². The van der Waals surface area contributed by atoms with Crippen LogP contribution in [0.3, 0.4) is 0 Å². The minimum atomic E-state index is 0.860. The Morgan fingerprint density at radius 2 is 1.80 bits per heavy atom. The highest BCUT2D eigenvalue weighted by molar-refractivity contribution is 5.98. The van der Waals surface area contributed by atoms with E-state index in [4.69, 9.17) is 0 Å². The summed E-state index contributed by atoms with van der Waals surface area (Å²) in [5.41, 5.74) is 3.12. The highest BCUT2D eigenvalue weighted by Crippen LogP contribution is 1.99. The summed E-state index contributed by atoms with van der Waals surface area (Å²) in [6, 6.07) is 0. The topological polar surface area (TPSA) is 12.4 Å². The molecule has 0 aromatic rings. The highest BCUT2D eigenvalue weighted by atomic mass is 14.7. The number of hydrogen-bond acceptors (Lipinski definition) is 1. The number of nitrogens with zero attached hydrogens (tertiary/aromatic N) is 1. The van der Waals surface area contributed by atoms with E-state index >= 15 is 0 Å². The number of rotatable bonds is 2. The van der Waals surface area contributed by atoms with Gasteiger partial charge in [0.15, 0.2) is 0 Å². The molecule has 10 heavy (non-hydrogen) atoms. The molecule has 1 heteroatoms. The Bertz CT molecular complexity index is 185. The molecule has 0 atom stereocenters. The fourth-order valence-corrected chi connectivity index (χ4v) is 0.583. The third-order valence-corrected chi connectivity index (χ3v) is 1.36. The molecular weight excluding hydrogens is 122 g/mol. The molecule has 0 amide bonds. The molecule has 0 aliphatic carbocycles. The van der Waals surface area contributed by atoms with E-state index in [1.807, 2.05) is 33.8 Å². The first-order valence-electron chi connectivity index (χ1n) is 3.42. The quantitative estimate of drug-likeness (QED) is 0.519. The van der Waals surface area contributed by atoms with Crippen molar-refractivity contribution in [2.45, 2.75) is 27.7 Å². The number of aliphatic imine (C=N–C) groups is 1. The van der Waals surface area contributed by atoms with Gasteiger partial charge in [-0.1, -0.05) is 12.7 Å². The fourth-order valence-electron chi connectivity index (χ4n) is 0.583. The van der Waals surface area contributed by atoms with Gasteiger partial charge in [-0.15, -0.1) is 0 Å². The molecule has 0 aliphatic heterocycles. The van der Waals surface area contributed by atoms with Crippen LogP contribution in [0.4, 0.5) is 0 Å². The monoisotopic (exact) mass is 137 g/mol. The molecule has 0 N–H and O–H groups in total. The van der Waals surface area contributed by atoms with Crippen LogP contribution in [-0.2, 0) is 0 Å². The Labute approximate surface area is 63.2 Å². The smallest absolute Gasteiger partial charge is 0.0401 e. The van der Waals surface area contributed by atoms with Crippen molar-refractivity contribution in [1.82, 2.24) is 0 Å². The lowest BCUT2D eigenvalue weighted by atomic mass is 10.2. The van der Waals surface area contributed by atoms with Crippen molar-refractivity contribution in [3.63, 3.8) is 0 Å².